The zero-order valence-electron chi connectivity index (χ0n) is 10.2. The van der Waals surface area contributed by atoms with E-state index in [0.717, 1.165) is 22.6 Å². The van der Waals surface area contributed by atoms with Gasteiger partial charge in [-0.15, -0.1) is 5.10 Å². The molecule has 1 saturated heterocycles. The van der Waals surface area contributed by atoms with Crippen LogP contribution in [0, 0.1) is 0 Å². The van der Waals surface area contributed by atoms with E-state index in [2.05, 4.69) is 20.6 Å². The molecule has 0 radical (unpaired) electrons. The summed E-state index contributed by atoms with van der Waals surface area (Å²) in [5, 5.41) is 10.4. The van der Waals surface area contributed by atoms with Crippen LogP contribution in [0.5, 0.6) is 0 Å². The summed E-state index contributed by atoms with van der Waals surface area (Å²) in [4.78, 5) is 27.8. The topological polar surface area (TPSA) is 94.2 Å². The summed E-state index contributed by atoms with van der Waals surface area (Å²) in [5.41, 5.74) is -0.0543. The first-order valence-corrected chi connectivity index (χ1v) is 6.98. The van der Waals surface area contributed by atoms with Gasteiger partial charge in [0.15, 0.2) is 11.3 Å². The SMILES string of the molecule is Cn1nnc2c(C(=O)NC3CCSC3)ncn2c1=O. The average Bonchev–Trinajstić information content (AvgIpc) is 3.02. The number of carbonyl (C=O) groups is 1. The molecular weight excluding hydrogens is 268 g/mol. The Labute approximate surface area is 112 Å². The maximum absolute atomic E-state index is 12.1. The predicted octanol–water partition coefficient (Wildman–Crippen LogP) is -0.942. The fraction of sp³-hybridized carbons (Fsp3) is 0.500. The third kappa shape index (κ3) is 2.09. The minimum Gasteiger partial charge on any atom is -0.347 e. The molecule has 2 aromatic heterocycles. The van der Waals surface area contributed by atoms with Gasteiger partial charge in [-0.05, 0) is 12.2 Å². The van der Waals surface area contributed by atoms with Crippen molar-refractivity contribution in [1.82, 2.24) is 29.7 Å². The minimum absolute atomic E-state index is 0.141. The molecule has 1 N–H and O–H groups in total. The van der Waals surface area contributed by atoms with Gasteiger partial charge in [0.2, 0.25) is 0 Å². The number of fused-ring (bicyclic) bond motifs is 1. The average molecular weight is 280 g/mol. The van der Waals surface area contributed by atoms with E-state index in [9.17, 15) is 9.59 Å². The van der Waals surface area contributed by atoms with Crippen molar-refractivity contribution in [3.05, 3.63) is 22.5 Å². The van der Waals surface area contributed by atoms with E-state index in [4.69, 9.17) is 0 Å². The van der Waals surface area contributed by atoms with Crippen LogP contribution in [0.1, 0.15) is 16.9 Å². The van der Waals surface area contributed by atoms with Gasteiger partial charge in [-0.1, -0.05) is 5.21 Å². The number of carbonyl (C=O) groups excluding carboxylic acids is 1. The van der Waals surface area contributed by atoms with Crippen LogP contribution in [-0.4, -0.2) is 47.8 Å². The van der Waals surface area contributed by atoms with Gasteiger partial charge in [-0.25, -0.2) is 14.2 Å². The fourth-order valence-corrected chi connectivity index (χ4v) is 3.10. The highest BCUT2D eigenvalue weighted by atomic mass is 32.2. The summed E-state index contributed by atoms with van der Waals surface area (Å²) >= 11 is 1.81. The zero-order valence-corrected chi connectivity index (χ0v) is 11.1. The van der Waals surface area contributed by atoms with Gasteiger partial charge in [-0.2, -0.15) is 16.4 Å². The second-order valence-electron chi connectivity index (χ2n) is 4.32. The Bertz CT molecular complexity index is 687. The van der Waals surface area contributed by atoms with E-state index in [1.54, 1.807) is 0 Å². The predicted molar refractivity (Wildman–Crippen MR) is 69.2 cm³/mol. The van der Waals surface area contributed by atoms with Crippen LogP contribution < -0.4 is 11.0 Å². The van der Waals surface area contributed by atoms with Crippen LogP contribution in [0.3, 0.4) is 0 Å². The lowest BCUT2D eigenvalue weighted by Crippen LogP contribution is -2.35. The molecule has 1 amide bonds. The van der Waals surface area contributed by atoms with Crippen molar-refractivity contribution in [2.45, 2.75) is 12.5 Å². The van der Waals surface area contributed by atoms with E-state index in [0.29, 0.717) is 0 Å². The van der Waals surface area contributed by atoms with Gasteiger partial charge in [0.1, 0.15) is 6.33 Å². The summed E-state index contributed by atoms with van der Waals surface area (Å²) in [6, 6.07) is 0.161. The molecule has 0 saturated carbocycles. The molecule has 9 heteroatoms. The van der Waals surface area contributed by atoms with Crippen LogP contribution in [-0.2, 0) is 7.05 Å². The molecule has 2 aromatic rings. The summed E-state index contributed by atoms with van der Waals surface area (Å²) in [6.07, 6.45) is 2.25. The van der Waals surface area contributed by atoms with Crippen molar-refractivity contribution in [3.8, 4) is 0 Å². The van der Waals surface area contributed by atoms with Gasteiger partial charge in [0, 0.05) is 18.8 Å². The van der Waals surface area contributed by atoms with E-state index < -0.39 is 0 Å². The summed E-state index contributed by atoms with van der Waals surface area (Å²) in [7, 11) is 1.49. The third-order valence-corrected chi connectivity index (χ3v) is 4.14. The standard InChI is InChI=1S/C10H12N6O2S/c1-15-10(18)16-5-11-7(8(16)13-14-15)9(17)12-6-2-3-19-4-6/h5-6H,2-4H2,1H3,(H,12,17). The Morgan fingerprint density at radius 1 is 1.58 bits per heavy atom. The van der Waals surface area contributed by atoms with Crippen LogP contribution >= 0.6 is 11.8 Å². The molecule has 1 atom stereocenters. The number of thioether (sulfide) groups is 1. The van der Waals surface area contributed by atoms with Crippen LogP contribution in [0.4, 0.5) is 0 Å². The lowest BCUT2D eigenvalue weighted by atomic mass is 10.2. The molecule has 1 unspecified atom stereocenters. The highest BCUT2D eigenvalue weighted by Crippen LogP contribution is 2.17. The van der Waals surface area contributed by atoms with Crippen LogP contribution in [0.2, 0.25) is 0 Å². The van der Waals surface area contributed by atoms with Crippen molar-refractivity contribution in [3.63, 3.8) is 0 Å². The molecule has 8 nitrogen and oxygen atoms in total. The molecular formula is C10H12N6O2S. The number of aryl methyl sites for hydroxylation is 1. The molecule has 100 valence electrons. The van der Waals surface area contributed by atoms with Gasteiger partial charge < -0.3 is 5.32 Å². The molecule has 1 fully saturated rings. The Morgan fingerprint density at radius 2 is 2.42 bits per heavy atom. The second-order valence-corrected chi connectivity index (χ2v) is 5.47. The van der Waals surface area contributed by atoms with Crippen molar-refractivity contribution in [2.24, 2.45) is 7.05 Å². The number of amides is 1. The van der Waals surface area contributed by atoms with Crippen LogP contribution in [0.15, 0.2) is 11.1 Å². The molecule has 3 heterocycles. The molecule has 0 bridgehead atoms. The van der Waals surface area contributed by atoms with Crippen LogP contribution in [0.25, 0.3) is 5.65 Å². The van der Waals surface area contributed by atoms with Crippen molar-refractivity contribution in [2.75, 3.05) is 11.5 Å². The lowest BCUT2D eigenvalue weighted by molar-refractivity contribution is 0.0938. The number of rotatable bonds is 2. The number of hydrogen-bond acceptors (Lipinski definition) is 6. The number of aromatic nitrogens is 5. The summed E-state index contributed by atoms with van der Waals surface area (Å²) in [5.74, 6) is 1.65. The maximum atomic E-state index is 12.1. The van der Waals surface area contributed by atoms with Gasteiger partial charge >= 0.3 is 5.69 Å². The quantitative estimate of drug-likeness (QED) is 0.763. The van der Waals surface area contributed by atoms with Crippen molar-refractivity contribution in [1.29, 1.82) is 0 Å². The molecule has 0 aliphatic carbocycles. The van der Waals surface area contributed by atoms with Gasteiger partial charge in [-0.3, -0.25) is 4.79 Å². The first kappa shape index (κ1) is 12.2. The van der Waals surface area contributed by atoms with E-state index in [1.165, 1.54) is 17.8 Å². The Kier molecular flexibility index (Phi) is 2.97. The molecule has 3 rings (SSSR count). The largest absolute Gasteiger partial charge is 0.352 e. The highest BCUT2D eigenvalue weighted by Gasteiger charge is 2.22. The number of hydrogen-bond donors (Lipinski definition) is 1. The summed E-state index contributed by atoms with van der Waals surface area (Å²) < 4.78 is 2.30. The third-order valence-electron chi connectivity index (χ3n) is 2.98. The Balaban J connectivity index is 1.94. The normalized spacial score (nSPS) is 18.9. The Hall–Kier alpha value is -1.90. The molecule has 0 spiro atoms. The van der Waals surface area contributed by atoms with Gasteiger partial charge in [0.05, 0.1) is 0 Å². The van der Waals surface area contributed by atoms with Crippen molar-refractivity contribution < 1.29 is 4.79 Å². The fourth-order valence-electron chi connectivity index (χ4n) is 1.94. The lowest BCUT2D eigenvalue weighted by Gasteiger charge is -2.09. The first-order chi connectivity index (χ1) is 9.16. The minimum atomic E-state index is -0.382. The maximum Gasteiger partial charge on any atom is 0.352 e. The Morgan fingerprint density at radius 3 is 3.16 bits per heavy atom. The highest BCUT2D eigenvalue weighted by molar-refractivity contribution is 7.99. The van der Waals surface area contributed by atoms with Crippen molar-refractivity contribution >= 4 is 23.3 Å². The molecule has 1 aliphatic heterocycles. The smallest absolute Gasteiger partial charge is 0.347 e. The number of nitrogens with zero attached hydrogens (tertiary/aromatic N) is 5. The van der Waals surface area contributed by atoms with E-state index >= 15 is 0 Å². The second kappa shape index (κ2) is 4.65. The number of nitrogens with one attached hydrogen (secondary N) is 1. The molecule has 19 heavy (non-hydrogen) atoms. The monoisotopic (exact) mass is 280 g/mol. The first-order valence-electron chi connectivity index (χ1n) is 5.82. The summed E-state index contributed by atoms with van der Waals surface area (Å²) in [6.45, 7) is 0. The number of imidazole rings is 1. The van der Waals surface area contributed by atoms with E-state index in [1.807, 2.05) is 11.8 Å². The van der Waals surface area contributed by atoms with E-state index in [-0.39, 0.29) is 29.0 Å². The molecule has 0 aromatic carbocycles. The molecule has 1 aliphatic rings. The van der Waals surface area contributed by atoms with Gasteiger partial charge in [0.25, 0.3) is 5.91 Å². The zero-order chi connectivity index (χ0) is 13.4.